The zero-order valence-electron chi connectivity index (χ0n) is 10.9. The molecule has 0 N–H and O–H groups in total. The Morgan fingerprint density at radius 1 is 1.21 bits per heavy atom. The standard InChI is InChI=1S/C13H15F3O3/c1-8-4-10(5-9(2)12(8)18-3)11(17)6-19-7-13(14,15)16/h4-5H,6-7H2,1-3H3. The van der Waals surface area contributed by atoms with Gasteiger partial charge in [0, 0.05) is 5.56 Å². The molecule has 0 bridgehead atoms. The Balaban J connectivity index is 2.73. The molecule has 3 nitrogen and oxygen atoms in total. The Morgan fingerprint density at radius 3 is 2.16 bits per heavy atom. The first-order valence-corrected chi connectivity index (χ1v) is 5.57. The van der Waals surface area contributed by atoms with Crippen molar-refractivity contribution in [1.29, 1.82) is 0 Å². The summed E-state index contributed by atoms with van der Waals surface area (Å²) in [6.45, 7) is 1.51. The number of rotatable bonds is 5. The first-order chi connectivity index (χ1) is 8.74. The summed E-state index contributed by atoms with van der Waals surface area (Å²) >= 11 is 0. The minimum absolute atomic E-state index is 0.318. The molecule has 0 aliphatic rings. The van der Waals surface area contributed by atoms with E-state index in [4.69, 9.17) is 4.74 Å². The molecule has 0 aliphatic heterocycles. The van der Waals surface area contributed by atoms with Gasteiger partial charge in [0.25, 0.3) is 0 Å². The molecule has 6 heteroatoms. The molecule has 1 aromatic carbocycles. The van der Waals surface area contributed by atoms with E-state index < -0.39 is 25.2 Å². The summed E-state index contributed by atoms with van der Waals surface area (Å²) in [5.74, 6) is 0.172. The molecule has 106 valence electrons. The third-order valence-corrected chi connectivity index (χ3v) is 2.49. The average Bonchev–Trinajstić information content (AvgIpc) is 2.26. The minimum atomic E-state index is -4.42. The smallest absolute Gasteiger partial charge is 0.411 e. The first kappa shape index (κ1) is 15.5. The zero-order chi connectivity index (χ0) is 14.6. The molecular formula is C13H15F3O3. The highest BCUT2D eigenvalue weighted by atomic mass is 19.4. The van der Waals surface area contributed by atoms with Crippen molar-refractivity contribution in [3.8, 4) is 5.75 Å². The molecule has 0 unspecified atom stereocenters. The second-order valence-electron chi connectivity index (χ2n) is 4.17. The van der Waals surface area contributed by atoms with Crippen molar-refractivity contribution in [2.24, 2.45) is 0 Å². The number of alkyl halides is 3. The second-order valence-corrected chi connectivity index (χ2v) is 4.17. The minimum Gasteiger partial charge on any atom is -0.496 e. The fourth-order valence-electron chi connectivity index (χ4n) is 1.78. The van der Waals surface area contributed by atoms with Gasteiger partial charge in [-0.05, 0) is 37.1 Å². The Kier molecular flexibility index (Phi) is 4.94. The molecule has 19 heavy (non-hydrogen) atoms. The second kappa shape index (κ2) is 6.06. The van der Waals surface area contributed by atoms with E-state index in [0.717, 1.165) is 11.1 Å². The summed E-state index contributed by atoms with van der Waals surface area (Å²) in [5, 5.41) is 0. The van der Waals surface area contributed by atoms with Crippen LogP contribution in [0.1, 0.15) is 21.5 Å². The molecule has 0 saturated heterocycles. The third-order valence-electron chi connectivity index (χ3n) is 2.49. The summed E-state index contributed by atoms with van der Waals surface area (Å²) in [6.07, 6.45) is -4.42. The van der Waals surface area contributed by atoms with Crippen LogP contribution in [0.25, 0.3) is 0 Å². The van der Waals surface area contributed by atoms with Crippen LogP contribution in [0, 0.1) is 13.8 Å². The molecule has 1 aromatic rings. The van der Waals surface area contributed by atoms with E-state index in [-0.39, 0.29) is 0 Å². The predicted octanol–water partition coefficient (Wildman–Crippen LogP) is 3.07. The summed E-state index contributed by atoms with van der Waals surface area (Å²) in [4.78, 5) is 11.7. The van der Waals surface area contributed by atoms with Gasteiger partial charge >= 0.3 is 6.18 Å². The van der Waals surface area contributed by atoms with Crippen molar-refractivity contribution < 1.29 is 27.4 Å². The molecule has 1 rings (SSSR count). The van der Waals surface area contributed by atoms with Gasteiger partial charge in [-0.3, -0.25) is 4.79 Å². The predicted molar refractivity (Wildman–Crippen MR) is 63.7 cm³/mol. The van der Waals surface area contributed by atoms with Crippen LogP contribution < -0.4 is 4.74 Å². The van der Waals surface area contributed by atoms with E-state index in [1.807, 2.05) is 0 Å². The van der Waals surface area contributed by atoms with Gasteiger partial charge in [0.15, 0.2) is 5.78 Å². The fourth-order valence-corrected chi connectivity index (χ4v) is 1.78. The zero-order valence-corrected chi connectivity index (χ0v) is 10.9. The van der Waals surface area contributed by atoms with Gasteiger partial charge in [-0.15, -0.1) is 0 Å². The molecule has 0 amide bonds. The van der Waals surface area contributed by atoms with E-state index in [1.165, 1.54) is 7.11 Å². The van der Waals surface area contributed by atoms with Crippen molar-refractivity contribution in [1.82, 2.24) is 0 Å². The molecule has 0 atom stereocenters. The molecule has 0 aliphatic carbocycles. The van der Waals surface area contributed by atoms with Crippen LogP contribution in [0.2, 0.25) is 0 Å². The Hall–Kier alpha value is -1.56. The first-order valence-electron chi connectivity index (χ1n) is 5.57. The molecule has 0 radical (unpaired) electrons. The van der Waals surface area contributed by atoms with E-state index in [1.54, 1.807) is 26.0 Å². The number of carbonyl (C=O) groups excluding carboxylic acids is 1. The molecule has 0 spiro atoms. The van der Waals surface area contributed by atoms with E-state index in [9.17, 15) is 18.0 Å². The lowest BCUT2D eigenvalue weighted by molar-refractivity contribution is -0.170. The number of carbonyl (C=O) groups is 1. The quantitative estimate of drug-likeness (QED) is 0.775. The molecule has 0 aromatic heterocycles. The van der Waals surface area contributed by atoms with Gasteiger partial charge in [0.1, 0.15) is 19.0 Å². The van der Waals surface area contributed by atoms with E-state index >= 15 is 0 Å². The lowest BCUT2D eigenvalue weighted by Gasteiger charge is -2.11. The number of methoxy groups -OCH3 is 1. The molecule has 0 saturated carbocycles. The summed E-state index contributed by atoms with van der Waals surface area (Å²) in [7, 11) is 1.52. The lowest BCUT2D eigenvalue weighted by atomic mass is 10.0. The number of hydrogen-bond acceptors (Lipinski definition) is 3. The van der Waals surface area contributed by atoms with Crippen LogP contribution in [-0.4, -0.2) is 32.3 Å². The van der Waals surface area contributed by atoms with Gasteiger partial charge in [-0.25, -0.2) is 0 Å². The normalized spacial score (nSPS) is 11.5. The SMILES string of the molecule is COc1c(C)cc(C(=O)COCC(F)(F)F)cc1C. The summed E-state index contributed by atoms with van der Waals surface area (Å²) < 4.78 is 45.1. The van der Waals surface area contributed by atoms with Crippen LogP contribution in [-0.2, 0) is 4.74 Å². The number of hydrogen-bond donors (Lipinski definition) is 0. The Morgan fingerprint density at radius 2 is 1.74 bits per heavy atom. The maximum Gasteiger partial charge on any atom is 0.411 e. The van der Waals surface area contributed by atoms with Crippen LogP contribution in [0.5, 0.6) is 5.75 Å². The van der Waals surface area contributed by atoms with E-state index in [0.29, 0.717) is 11.3 Å². The van der Waals surface area contributed by atoms with Gasteiger partial charge in [-0.1, -0.05) is 0 Å². The number of Topliss-reactive ketones (excluding diaryl/α,β-unsaturated/α-hetero) is 1. The lowest BCUT2D eigenvalue weighted by Crippen LogP contribution is -2.20. The van der Waals surface area contributed by atoms with Crippen LogP contribution >= 0.6 is 0 Å². The molecular weight excluding hydrogens is 261 g/mol. The highest BCUT2D eigenvalue weighted by molar-refractivity contribution is 5.97. The number of ether oxygens (including phenoxy) is 2. The van der Waals surface area contributed by atoms with Gasteiger partial charge in [0.2, 0.25) is 0 Å². The van der Waals surface area contributed by atoms with Crippen LogP contribution in [0.4, 0.5) is 13.2 Å². The molecule has 0 fully saturated rings. The van der Waals surface area contributed by atoms with Gasteiger partial charge in [0.05, 0.1) is 7.11 Å². The maximum absolute atomic E-state index is 11.9. The monoisotopic (exact) mass is 276 g/mol. The van der Waals surface area contributed by atoms with E-state index in [2.05, 4.69) is 4.74 Å². The third kappa shape index (κ3) is 4.55. The van der Waals surface area contributed by atoms with Crippen LogP contribution in [0.15, 0.2) is 12.1 Å². The Labute approximate surface area is 109 Å². The largest absolute Gasteiger partial charge is 0.496 e. The highest BCUT2D eigenvalue weighted by Gasteiger charge is 2.27. The number of ketones is 1. The van der Waals surface area contributed by atoms with Crippen LogP contribution in [0.3, 0.4) is 0 Å². The average molecular weight is 276 g/mol. The van der Waals surface area contributed by atoms with Crippen molar-refractivity contribution >= 4 is 5.78 Å². The summed E-state index contributed by atoms with van der Waals surface area (Å²) in [6, 6.07) is 3.15. The fraction of sp³-hybridized carbons (Fsp3) is 0.462. The van der Waals surface area contributed by atoms with Crippen molar-refractivity contribution in [2.75, 3.05) is 20.3 Å². The highest BCUT2D eigenvalue weighted by Crippen LogP contribution is 2.24. The number of benzene rings is 1. The molecule has 0 heterocycles. The topological polar surface area (TPSA) is 35.5 Å². The number of aryl methyl sites for hydroxylation is 2. The van der Waals surface area contributed by atoms with Gasteiger partial charge < -0.3 is 9.47 Å². The van der Waals surface area contributed by atoms with Gasteiger partial charge in [-0.2, -0.15) is 13.2 Å². The van der Waals surface area contributed by atoms with Crippen molar-refractivity contribution in [3.63, 3.8) is 0 Å². The number of halogens is 3. The Bertz CT molecular complexity index is 444. The van der Waals surface area contributed by atoms with Crippen molar-refractivity contribution in [2.45, 2.75) is 20.0 Å². The van der Waals surface area contributed by atoms with Crippen molar-refractivity contribution in [3.05, 3.63) is 28.8 Å². The summed E-state index contributed by atoms with van der Waals surface area (Å²) in [5.41, 5.74) is 1.82. The maximum atomic E-state index is 11.9.